The van der Waals surface area contributed by atoms with Crippen LogP contribution in [0.2, 0.25) is 0 Å². The Morgan fingerprint density at radius 2 is 2.00 bits per heavy atom. The van der Waals surface area contributed by atoms with Gasteiger partial charge in [-0.1, -0.05) is 20.8 Å². The van der Waals surface area contributed by atoms with Crippen molar-refractivity contribution in [1.29, 1.82) is 0 Å². The van der Waals surface area contributed by atoms with Crippen molar-refractivity contribution in [2.75, 3.05) is 0 Å². The number of nitrogens with one attached hydrogen (secondary N) is 1. The number of aryl methyl sites for hydroxylation is 1. The summed E-state index contributed by atoms with van der Waals surface area (Å²) in [5.74, 6) is 1.15. The van der Waals surface area contributed by atoms with Crippen molar-refractivity contribution in [3.05, 3.63) is 18.2 Å². The first-order valence-corrected chi connectivity index (χ1v) is 6.40. The van der Waals surface area contributed by atoms with Crippen molar-refractivity contribution in [2.24, 2.45) is 0 Å². The molecule has 1 aromatic rings. The lowest BCUT2D eigenvalue weighted by Gasteiger charge is -2.28. The number of hydrogen-bond donors (Lipinski definition) is 1. The largest absolute Gasteiger partial charge is 0.334 e. The lowest BCUT2D eigenvalue weighted by molar-refractivity contribution is 0.323. The van der Waals surface area contributed by atoms with E-state index < -0.39 is 0 Å². The fourth-order valence-electron chi connectivity index (χ4n) is 1.74. The molecule has 0 atom stereocenters. The molecule has 1 aromatic heterocycles. The molecule has 0 aliphatic carbocycles. The second-order valence-electron chi connectivity index (χ2n) is 4.66. The van der Waals surface area contributed by atoms with E-state index in [1.807, 2.05) is 6.20 Å². The Hall–Kier alpha value is -0.830. The highest BCUT2D eigenvalue weighted by Gasteiger charge is 2.18. The first kappa shape index (κ1) is 13.2. The highest BCUT2D eigenvalue weighted by molar-refractivity contribution is 4.94. The quantitative estimate of drug-likeness (QED) is 0.770. The van der Waals surface area contributed by atoms with Crippen LogP contribution in [0.5, 0.6) is 0 Å². The molecule has 1 rings (SSSR count). The summed E-state index contributed by atoms with van der Waals surface area (Å²) < 4.78 is 2.23. The summed E-state index contributed by atoms with van der Waals surface area (Å²) in [6.07, 6.45) is 7.41. The van der Waals surface area contributed by atoms with Crippen molar-refractivity contribution in [2.45, 2.75) is 65.6 Å². The fraction of sp³-hybridized carbons (Fsp3) is 0.769. The Morgan fingerprint density at radius 3 is 2.56 bits per heavy atom. The molecule has 0 aliphatic heterocycles. The van der Waals surface area contributed by atoms with Crippen LogP contribution in [0.3, 0.4) is 0 Å². The van der Waals surface area contributed by atoms with E-state index in [1.165, 1.54) is 0 Å². The van der Waals surface area contributed by atoms with Gasteiger partial charge in [0.05, 0.1) is 6.54 Å². The summed E-state index contributed by atoms with van der Waals surface area (Å²) in [6.45, 7) is 10.9. The Balaban J connectivity index is 2.56. The van der Waals surface area contributed by atoms with Gasteiger partial charge in [0, 0.05) is 24.5 Å². The van der Waals surface area contributed by atoms with Crippen LogP contribution < -0.4 is 5.32 Å². The molecule has 0 saturated heterocycles. The monoisotopic (exact) mass is 223 g/mol. The molecule has 3 heteroatoms. The number of rotatable bonds is 7. The van der Waals surface area contributed by atoms with Crippen LogP contribution in [0.25, 0.3) is 0 Å². The molecular formula is C13H25N3. The molecular weight excluding hydrogens is 198 g/mol. The number of imidazole rings is 1. The van der Waals surface area contributed by atoms with Gasteiger partial charge in [-0.2, -0.15) is 0 Å². The molecule has 1 heterocycles. The van der Waals surface area contributed by atoms with Crippen LogP contribution in [-0.2, 0) is 13.1 Å². The van der Waals surface area contributed by atoms with Gasteiger partial charge in [-0.25, -0.2) is 4.98 Å². The predicted molar refractivity (Wildman–Crippen MR) is 68.3 cm³/mol. The molecule has 16 heavy (non-hydrogen) atoms. The van der Waals surface area contributed by atoms with Crippen LogP contribution in [0.1, 0.15) is 52.8 Å². The highest BCUT2D eigenvalue weighted by atomic mass is 15.1. The molecule has 0 radical (unpaired) electrons. The van der Waals surface area contributed by atoms with Crippen LogP contribution in [-0.4, -0.2) is 15.1 Å². The lowest BCUT2D eigenvalue weighted by atomic mass is 9.96. The molecule has 3 nitrogen and oxygen atoms in total. The minimum absolute atomic E-state index is 0.239. The van der Waals surface area contributed by atoms with Gasteiger partial charge in [-0.3, -0.25) is 0 Å². The number of nitrogens with zero attached hydrogens (tertiary/aromatic N) is 2. The number of hydrogen-bond acceptors (Lipinski definition) is 2. The van der Waals surface area contributed by atoms with E-state index in [-0.39, 0.29) is 5.54 Å². The molecule has 0 unspecified atom stereocenters. The van der Waals surface area contributed by atoms with Crippen LogP contribution >= 0.6 is 0 Å². The normalized spacial score (nSPS) is 12.0. The van der Waals surface area contributed by atoms with Crippen molar-refractivity contribution < 1.29 is 0 Å². The predicted octanol–water partition coefficient (Wildman–Crippen LogP) is 2.96. The summed E-state index contributed by atoms with van der Waals surface area (Å²) in [5.41, 5.74) is 0.239. The van der Waals surface area contributed by atoms with Gasteiger partial charge < -0.3 is 9.88 Å². The van der Waals surface area contributed by atoms with E-state index >= 15 is 0 Å². The minimum atomic E-state index is 0.239. The Kier molecular flexibility index (Phi) is 5.00. The average molecular weight is 223 g/mol. The average Bonchev–Trinajstić information content (AvgIpc) is 2.74. The van der Waals surface area contributed by atoms with Gasteiger partial charge in [-0.15, -0.1) is 0 Å². The maximum atomic E-state index is 4.41. The van der Waals surface area contributed by atoms with Crippen molar-refractivity contribution >= 4 is 0 Å². The second-order valence-corrected chi connectivity index (χ2v) is 4.66. The topological polar surface area (TPSA) is 29.9 Å². The Bertz CT molecular complexity index is 300. The Morgan fingerprint density at radius 1 is 1.31 bits per heavy atom. The molecule has 92 valence electrons. The maximum absolute atomic E-state index is 4.41. The van der Waals surface area contributed by atoms with Crippen LogP contribution in [0, 0.1) is 0 Å². The summed E-state index contributed by atoms with van der Waals surface area (Å²) in [5, 5.41) is 3.61. The summed E-state index contributed by atoms with van der Waals surface area (Å²) in [7, 11) is 0. The van der Waals surface area contributed by atoms with E-state index in [2.05, 4.69) is 48.8 Å². The molecule has 0 bridgehead atoms. The van der Waals surface area contributed by atoms with Gasteiger partial charge in [-0.05, 0) is 26.2 Å². The Labute approximate surface area is 99.3 Å². The van der Waals surface area contributed by atoms with E-state index in [9.17, 15) is 0 Å². The van der Waals surface area contributed by atoms with Crippen LogP contribution in [0.15, 0.2) is 12.4 Å². The summed E-state index contributed by atoms with van der Waals surface area (Å²) in [4.78, 5) is 4.41. The van der Waals surface area contributed by atoms with E-state index in [4.69, 9.17) is 0 Å². The third kappa shape index (κ3) is 3.34. The molecule has 0 aliphatic rings. The van der Waals surface area contributed by atoms with Gasteiger partial charge in [0.25, 0.3) is 0 Å². The first-order chi connectivity index (χ1) is 7.65. The van der Waals surface area contributed by atoms with E-state index in [0.717, 1.165) is 38.2 Å². The fourth-order valence-corrected chi connectivity index (χ4v) is 1.74. The molecule has 0 aromatic carbocycles. The zero-order valence-corrected chi connectivity index (χ0v) is 11.1. The minimum Gasteiger partial charge on any atom is -0.334 e. The molecule has 0 saturated carbocycles. The van der Waals surface area contributed by atoms with Crippen molar-refractivity contribution in [3.63, 3.8) is 0 Å². The van der Waals surface area contributed by atoms with Crippen LogP contribution in [0.4, 0.5) is 0 Å². The number of aromatic nitrogens is 2. The SMILES string of the molecule is CCCn1ccnc1CNC(C)(CC)CC. The molecule has 1 N–H and O–H groups in total. The standard InChI is InChI=1S/C13H25N3/c1-5-9-16-10-8-14-12(16)11-15-13(4,6-2)7-3/h8,10,15H,5-7,9,11H2,1-4H3. The van der Waals surface area contributed by atoms with E-state index in [1.54, 1.807) is 0 Å². The van der Waals surface area contributed by atoms with E-state index in [0.29, 0.717) is 0 Å². The van der Waals surface area contributed by atoms with Gasteiger partial charge >= 0.3 is 0 Å². The molecule has 0 fully saturated rings. The third-order valence-corrected chi connectivity index (χ3v) is 3.50. The van der Waals surface area contributed by atoms with Crippen molar-refractivity contribution in [3.8, 4) is 0 Å². The zero-order valence-electron chi connectivity index (χ0n) is 11.1. The summed E-state index contributed by atoms with van der Waals surface area (Å²) in [6, 6.07) is 0. The highest BCUT2D eigenvalue weighted by Crippen LogP contribution is 2.14. The summed E-state index contributed by atoms with van der Waals surface area (Å²) >= 11 is 0. The second kappa shape index (κ2) is 6.04. The third-order valence-electron chi connectivity index (χ3n) is 3.50. The van der Waals surface area contributed by atoms with Gasteiger partial charge in [0.1, 0.15) is 5.82 Å². The first-order valence-electron chi connectivity index (χ1n) is 6.40. The zero-order chi connectivity index (χ0) is 12.0. The smallest absolute Gasteiger partial charge is 0.122 e. The van der Waals surface area contributed by atoms with Gasteiger partial charge in [0.15, 0.2) is 0 Å². The van der Waals surface area contributed by atoms with Gasteiger partial charge in [0.2, 0.25) is 0 Å². The molecule has 0 spiro atoms. The van der Waals surface area contributed by atoms with Crippen molar-refractivity contribution in [1.82, 2.24) is 14.9 Å². The molecule has 0 amide bonds. The maximum Gasteiger partial charge on any atom is 0.122 e. The lowest BCUT2D eigenvalue weighted by Crippen LogP contribution is -2.41.